The van der Waals surface area contributed by atoms with E-state index in [4.69, 9.17) is 5.73 Å². The molecule has 4 nitrogen and oxygen atoms in total. The molecule has 0 fully saturated rings. The second-order valence-electron chi connectivity index (χ2n) is 5.13. The molecule has 1 aromatic heterocycles. The zero-order chi connectivity index (χ0) is 13.4. The fourth-order valence-electron chi connectivity index (χ4n) is 2.74. The van der Waals surface area contributed by atoms with Crippen LogP contribution in [0.2, 0.25) is 0 Å². The molecule has 19 heavy (non-hydrogen) atoms. The minimum atomic E-state index is 0.738. The van der Waals surface area contributed by atoms with Crippen molar-refractivity contribution in [3.63, 3.8) is 0 Å². The normalized spacial score (nSPS) is 13.6. The van der Waals surface area contributed by atoms with Crippen molar-refractivity contribution < 1.29 is 0 Å². The molecule has 0 unspecified atom stereocenters. The summed E-state index contributed by atoms with van der Waals surface area (Å²) in [6, 6.07) is 6.59. The van der Waals surface area contributed by atoms with E-state index in [-0.39, 0.29) is 0 Å². The summed E-state index contributed by atoms with van der Waals surface area (Å²) < 4.78 is 1.91. The van der Waals surface area contributed by atoms with Crippen molar-refractivity contribution >= 4 is 17.2 Å². The Hall–Kier alpha value is -1.97. The van der Waals surface area contributed by atoms with Gasteiger partial charge in [-0.1, -0.05) is 6.07 Å². The lowest BCUT2D eigenvalue weighted by Gasteiger charge is -2.10. The summed E-state index contributed by atoms with van der Waals surface area (Å²) in [6.07, 6.45) is 3.67. The van der Waals surface area contributed by atoms with Gasteiger partial charge in [-0.05, 0) is 56.4 Å². The summed E-state index contributed by atoms with van der Waals surface area (Å²) in [5, 5.41) is 7.84. The minimum Gasteiger partial charge on any atom is -0.394 e. The van der Waals surface area contributed by atoms with Crippen LogP contribution in [-0.4, -0.2) is 9.78 Å². The molecular formula is C15H20N4. The van der Waals surface area contributed by atoms with Crippen molar-refractivity contribution in [3.05, 3.63) is 35.0 Å². The number of hydrogen-bond acceptors (Lipinski definition) is 3. The Morgan fingerprint density at radius 1 is 1.32 bits per heavy atom. The van der Waals surface area contributed by atoms with Crippen LogP contribution in [0, 0.1) is 6.92 Å². The summed E-state index contributed by atoms with van der Waals surface area (Å²) in [7, 11) is 0. The van der Waals surface area contributed by atoms with Gasteiger partial charge in [0.15, 0.2) is 5.82 Å². The van der Waals surface area contributed by atoms with Crippen LogP contribution in [0.15, 0.2) is 18.2 Å². The summed E-state index contributed by atoms with van der Waals surface area (Å²) in [5.41, 5.74) is 11.8. The monoisotopic (exact) mass is 256 g/mol. The Morgan fingerprint density at radius 3 is 2.89 bits per heavy atom. The highest BCUT2D eigenvalue weighted by Crippen LogP contribution is 2.29. The summed E-state index contributed by atoms with van der Waals surface area (Å²) >= 11 is 0. The van der Waals surface area contributed by atoms with E-state index in [0.717, 1.165) is 29.4 Å². The first-order valence-electron chi connectivity index (χ1n) is 6.90. The van der Waals surface area contributed by atoms with E-state index in [9.17, 15) is 0 Å². The maximum Gasteiger partial charge on any atom is 0.152 e. The fourth-order valence-corrected chi connectivity index (χ4v) is 2.74. The van der Waals surface area contributed by atoms with Gasteiger partial charge in [0.1, 0.15) is 0 Å². The first-order chi connectivity index (χ1) is 9.19. The van der Waals surface area contributed by atoms with Gasteiger partial charge in [0, 0.05) is 12.2 Å². The third-order valence-corrected chi connectivity index (χ3v) is 3.83. The molecule has 1 aliphatic carbocycles. The standard InChI is InChI=1S/C15H20N4/c1-3-19-15(14(16)10(2)18-19)17-13-8-7-11-5-4-6-12(11)9-13/h7-9,17H,3-6,16H2,1-2H3. The third-order valence-electron chi connectivity index (χ3n) is 3.83. The highest BCUT2D eigenvalue weighted by atomic mass is 15.3. The van der Waals surface area contributed by atoms with Gasteiger partial charge in [0.05, 0.1) is 11.4 Å². The smallest absolute Gasteiger partial charge is 0.152 e. The molecule has 1 aliphatic rings. The van der Waals surface area contributed by atoms with Crippen LogP contribution in [0.1, 0.15) is 30.2 Å². The molecule has 0 saturated heterocycles. The number of nitrogen functional groups attached to an aromatic ring is 1. The van der Waals surface area contributed by atoms with E-state index >= 15 is 0 Å². The molecule has 0 aliphatic heterocycles. The van der Waals surface area contributed by atoms with Crippen LogP contribution >= 0.6 is 0 Å². The van der Waals surface area contributed by atoms with E-state index in [0.29, 0.717) is 0 Å². The second-order valence-corrected chi connectivity index (χ2v) is 5.13. The Balaban J connectivity index is 1.93. The summed E-state index contributed by atoms with van der Waals surface area (Å²) in [4.78, 5) is 0. The molecule has 0 spiro atoms. The van der Waals surface area contributed by atoms with Crippen molar-refractivity contribution in [1.29, 1.82) is 0 Å². The number of hydrogen-bond donors (Lipinski definition) is 2. The Bertz CT molecular complexity index is 613. The minimum absolute atomic E-state index is 0.738. The van der Waals surface area contributed by atoms with Gasteiger partial charge in [-0.15, -0.1) is 0 Å². The Morgan fingerprint density at radius 2 is 2.11 bits per heavy atom. The van der Waals surface area contributed by atoms with Gasteiger partial charge < -0.3 is 11.1 Å². The quantitative estimate of drug-likeness (QED) is 0.887. The SMILES string of the molecule is CCn1nc(C)c(N)c1Nc1ccc2c(c1)CCC2. The maximum atomic E-state index is 6.09. The number of nitrogens with two attached hydrogens (primary N) is 1. The van der Waals surface area contributed by atoms with Crippen molar-refractivity contribution in [1.82, 2.24) is 9.78 Å². The maximum absolute atomic E-state index is 6.09. The number of aryl methyl sites for hydroxylation is 4. The second kappa shape index (κ2) is 4.61. The lowest BCUT2D eigenvalue weighted by molar-refractivity contribution is 0.661. The van der Waals surface area contributed by atoms with E-state index in [1.165, 1.54) is 30.4 Å². The van der Waals surface area contributed by atoms with E-state index in [1.807, 2.05) is 11.6 Å². The third kappa shape index (κ3) is 2.07. The first-order valence-corrected chi connectivity index (χ1v) is 6.90. The van der Waals surface area contributed by atoms with Gasteiger partial charge in [-0.25, -0.2) is 4.68 Å². The predicted octanol–water partition coefficient (Wildman–Crippen LogP) is 3.03. The van der Waals surface area contributed by atoms with E-state index in [1.54, 1.807) is 0 Å². The molecule has 4 heteroatoms. The van der Waals surface area contributed by atoms with Gasteiger partial charge in [0.25, 0.3) is 0 Å². The molecule has 0 radical (unpaired) electrons. The Kier molecular flexibility index (Phi) is 2.93. The number of aromatic nitrogens is 2. The molecule has 0 amide bonds. The van der Waals surface area contributed by atoms with Gasteiger partial charge in [0.2, 0.25) is 0 Å². The molecule has 0 saturated carbocycles. The average molecular weight is 256 g/mol. The highest BCUT2D eigenvalue weighted by molar-refractivity contribution is 5.71. The number of nitrogens with one attached hydrogen (secondary N) is 1. The average Bonchev–Trinajstić information content (AvgIpc) is 2.98. The molecule has 100 valence electrons. The van der Waals surface area contributed by atoms with Crippen molar-refractivity contribution in [2.24, 2.45) is 0 Å². The predicted molar refractivity (Wildman–Crippen MR) is 78.8 cm³/mol. The topological polar surface area (TPSA) is 55.9 Å². The zero-order valence-corrected chi connectivity index (χ0v) is 11.5. The van der Waals surface area contributed by atoms with Crippen LogP contribution in [0.4, 0.5) is 17.2 Å². The van der Waals surface area contributed by atoms with Crippen LogP contribution in [0.3, 0.4) is 0 Å². The lowest BCUT2D eigenvalue weighted by Crippen LogP contribution is -2.04. The van der Waals surface area contributed by atoms with Crippen LogP contribution in [0.5, 0.6) is 0 Å². The van der Waals surface area contributed by atoms with Gasteiger partial charge >= 0.3 is 0 Å². The van der Waals surface area contributed by atoms with Crippen molar-refractivity contribution in [2.45, 2.75) is 39.7 Å². The Labute approximate surface area is 113 Å². The zero-order valence-electron chi connectivity index (χ0n) is 11.5. The molecule has 2 aromatic rings. The molecule has 3 rings (SSSR count). The number of anilines is 3. The number of fused-ring (bicyclic) bond motifs is 1. The van der Waals surface area contributed by atoms with Crippen molar-refractivity contribution in [2.75, 3.05) is 11.1 Å². The number of rotatable bonds is 3. The van der Waals surface area contributed by atoms with Gasteiger partial charge in [-0.3, -0.25) is 0 Å². The molecule has 1 aromatic carbocycles. The summed E-state index contributed by atoms with van der Waals surface area (Å²) in [5.74, 6) is 0.901. The van der Waals surface area contributed by atoms with Crippen LogP contribution in [-0.2, 0) is 19.4 Å². The largest absolute Gasteiger partial charge is 0.394 e. The number of nitrogens with zero attached hydrogens (tertiary/aromatic N) is 2. The van der Waals surface area contributed by atoms with E-state index < -0.39 is 0 Å². The van der Waals surface area contributed by atoms with E-state index in [2.05, 4.69) is 35.5 Å². The van der Waals surface area contributed by atoms with Gasteiger partial charge in [-0.2, -0.15) is 5.10 Å². The highest BCUT2D eigenvalue weighted by Gasteiger charge is 2.14. The van der Waals surface area contributed by atoms with Crippen molar-refractivity contribution in [3.8, 4) is 0 Å². The molecule has 0 atom stereocenters. The molecular weight excluding hydrogens is 236 g/mol. The lowest BCUT2D eigenvalue weighted by atomic mass is 10.1. The molecule has 0 bridgehead atoms. The van der Waals surface area contributed by atoms with Crippen LogP contribution < -0.4 is 11.1 Å². The van der Waals surface area contributed by atoms with Crippen LogP contribution in [0.25, 0.3) is 0 Å². The fraction of sp³-hybridized carbons (Fsp3) is 0.400. The molecule has 1 heterocycles. The molecule has 3 N–H and O–H groups in total. The number of benzene rings is 1. The summed E-state index contributed by atoms with van der Waals surface area (Å²) in [6.45, 7) is 4.82. The first kappa shape index (κ1) is 12.1.